The van der Waals surface area contributed by atoms with Crippen LogP contribution in [0.4, 0.5) is 5.82 Å². The zero-order valence-electron chi connectivity index (χ0n) is 19.6. The minimum Gasteiger partial charge on any atom is -0.373 e. The standard InChI is InChI=1S/C23H38N6O2/c1-17(30)27(3)15-18-14-21(24-2)26-23(25-18)20-12-8-9-13-29(20)16-22(31)28(4)19-10-6-5-7-11-19/h14,19-20H,5-13,15-16H2,1-4H3,(H,24,25,26)/t20-/m0/s1. The summed E-state index contributed by atoms with van der Waals surface area (Å²) in [5, 5.41) is 3.12. The van der Waals surface area contributed by atoms with Crippen molar-refractivity contribution in [3.05, 3.63) is 17.6 Å². The fraction of sp³-hybridized carbons (Fsp3) is 0.739. The molecule has 1 aromatic rings. The van der Waals surface area contributed by atoms with Gasteiger partial charge in [-0.3, -0.25) is 14.5 Å². The smallest absolute Gasteiger partial charge is 0.236 e. The second-order valence-corrected chi connectivity index (χ2v) is 9.01. The lowest BCUT2D eigenvalue weighted by molar-refractivity contribution is -0.135. The highest BCUT2D eigenvalue weighted by Gasteiger charge is 2.31. The Morgan fingerprint density at radius 2 is 1.81 bits per heavy atom. The molecule has 2 amide bonds. The molecule has 0 aromatic carbocycles. The fourth-order valence-electron chi connectivity index (χ4n) is 4.66. The number of piperidine rings is 1. The molecule has 8 nitrogen and oxygen atoms in total. The van der Waals surface area contributed by atoms with E-state index in [2.05, 4.69) is 10.2 Å². The van der Waals surface area contributed by atoms with E-state index in [4.69, 9.17) is 9.97 Å². The minimum atomic E-state index is 0.00168. The summed E-state index contributed by atoms with van der Waals surface area (Å²) in [4.78, 5) is 40.2. The van der Waals surface area contributed by atoms with E-state index in [-0.39, 0.29) is 17.9 Å². The minimum absolute atomic E-state index is 0.00168. The Hall–Kier alpha value is -2.22. The average molecular weight is 431 g/mol. The predicted molar refractivity (Wildman–Crippen MR) is 122 cm³/mol. The number of likely N-dealkylation sites (N-methyl/N-ethyl adjacent to an activating group) is 1. The van der Waals surface area contributed by atoms with Gasteiger partial charge in [-0.25, -0.2) is 9.97 Å². The van der Waals surface area contributed by atoms with Crippen molar-refractivity contribution in [1.82, 2.24) is 24.7 Å². The van der Waals surface area contributed by atoms with Gasteiger partial charge in [-0.05, 0) is 32.2 Å². The van der Waals surface area contributed by atoms with E-state index in [1.165, 1.54) is 19.3 Å². The molecule has 1 aliphatic heterocycles. The molecule has 3 rings (SSSR count). The Kier molecular flexibility index (Phi) is 8.23. The third-order valence-electron chi connectivity index (χ3n) is 6.76. The molecule has 1 saturated carbocycles. The van der Waals surface area contributed by atoms with Crippen molar-refractivity contribution >= 4 is 17.6 Å². The van der Waals surface area contributed by atoms with Gasteiger partial charge in [0.1, 0.15) is 11.6 Å². The maximum absolute atomic E-state index is 13.1. The molecule has 1 atom stereocenters. The Bertz CT molecular complexity index is 764. The Balaban J connectivity index is 1.76. The highest BCUT2D eigenvalue weighted by molar-refractivity contribution is 5.78. The molecule has 2 heterocycles. The van der Waals surface area contributed by atoms with E-state index in [1.54, 1.807) is 18.9 Å². The van der Waals surface area contributed by atoms with Crippen molar-refractivity contribution < 1.29 is 9.59 Å². The van der Waals surface area contributed by atoms with Gasteiger partial charge in [0.15, 0.2) is 0 Å². The first-order valence-corrected chi connectivity index (χ1v) is 11.7. The lowest BCUT2D eigenvalue weighted by Crippen LogP contribution is -2.46. The van der Waals surface area contributed by atoms with Crippen molar-refractivity contribution in [3.8, 4) is 0 Å². The first-order valence-electron chi connectivity index (χ1n) is 11.7. The molecule has 1 aliphatic carbocycles. The number of carbonyl (C=O) groups is 2. The molecule has 1 saturated heterocycles. The summed E-state index contributed by atoms with van der Waals surface area (Å²) in [6, 6.07) is 2.28. The molecule has 2 aliphatic rings. The number of nitrogens with one attached hydrogen (secondary N) is 1. The first kappa shape index (κ1) is 23.4. The highest BCUT2D eigenvalue weighted by atomic mass is 16.2. The number of amides is 2. The quantitative estimate of drug-likeness (QED) is 0.716. The van der Waals surface area contributed by atoms with Crippen LogP contribution >= 0.6 is 0 Å². The summed E-state index contributed by atoms with van der Waals surface area (Å²) >= 11 is 0. The van der Waals surface area contributed by atoms with E-state index in [0.717, 1.165) is 56.0 Å². The lowest BCUT2D eigenvalue weighted by atomic mass is 9.94. The Morgan fingerprint density at radius 1 is 1.10 bits per heavy atom. The van der Waals surface area contributed by atoms with Crippen LogP contribution in [0, 0.1) is 0 Å². The number of hydrogen-bond acceptors (Lipinski definition) is 6. The average Bonchev–Trinajstić information content (AvgIpc) is 2.79. The topological polar surface area (TPSA) is 81.7 Å². The van der Waals surface area contributed by atoms with Crippen LogP contribution in [0.25, 0.3) is 0 Å². The largest absolute Gasteiger partial charge is 0.373 e. The van der Waals surface area contributed by atoms with Gasteiger partial charge in [-0.1, -0.05) is 25.7 Å². The maximum Gasteiger partial charge on any atom is 0.236 e. The fourth-order valence-corrected chi connectivity index (χ4v) is 4.66. The molecule has 0 bridgehead atoms. The van der Waals surface area contributed by atoms with Gasteiger partial charge in [0.2, 0.25) is 11.8 Å². The maximum atomic E-state index is 13.1. The number of hydrogen-bond donors (Lipinski definition) is 1. The molecule has 0 unspecified atom stereocenters. The molecule has 31 heavy (non-hydrogen) atoms. The Morgan fingerprint density at radius 3 is 2.48 bits per heavy atom. The van der Waals surface area contributed by atoms with Gasteiger partial charge in [0.05, 0.1) is 24.8 Å². The van der Waals surface area contributed by atoms with Crippen molar-refractivity contribution in [2.75, 3.05) is 39.5 Å². The SMILES string of the molecule is CNc1cc(CN(C)C(C)=O)nc([C@@H]2CCCCN2CC(=O)N(C)C2CCCCC2)n1. The number of carbonyl (C=O) groups excluding carboxylic acids is 2. The molecule has 172 valence electrons. The van der Waals surface area contributed by atoms with Crippen LogP contribution < -0.4 is 5.32 Å². The molecular formula is C23H38N6O2. The molecular weight excluding hydrogens is 392 g/mol. The number of aromatic nitrogens is 2. The van der Waals surface area contributed by atoms with Gasteiger partial charge in [0, 0.05) is 40.2 Å². The summed E-state index contributed by atoms with van der Waals surface area (Å²) in [5.74, 6) is 1.68. The van der Waals surface area contributed by atoms with E-state index in [0.29, 0.717) is 19.1 Å². The summed E-state index contributed by atoms with van der Waals surface area (Å²) in [6.07, 6.45) is 9.08. The Labute approximate surface area is 186 Å². The molecule has 2 fully saturated rings. The van der Waals surface area contributed by atoms with Crippen molar-refractivity contribution in [2.45, 2.75) is 76.9 Å². The molecule has 1 aromatic heterocycles. The molecule has 0 spiro atoms. The molecule has 1 N–H and O–H groups in total. The van der Waals surface area contributed by atoms with Crippen LogP contribution in [-0.4, -0.2) is 76.8 Å². The van der Waals surface area contributed by atoms with E-state index in [1.807, 2.05) is 25.1 Å². The summed E-state index contributed by atoms with van der Waals surface area (Å²) in [5.41, 5.74) is 0.809. The van der Waals surface area contributed by atoms with Gasteiger partial charge in [-0.2, -0.15) is 0 Å². The second-order valence-electron chi connectivity index (χ2n) is 9.01. The van der Waals surface area contributed by atoms with Crippen LogP contribution in [0.3, 0.4) is 0 Å². The predicted octanol–water partition coefficient (Wildman–Crippen LogP) is 2.81. The first-order chi connectivity index (χ1) is 14.9. The van der Waals surface area contributed by atoms with Crippen LogP contribution in [0.15, 0.2) is 6.07 Å². The highest BCUT2D eigenvalue weighted by Crippen LogP contribution is 2.30. The molecule has 8 heteroatoms. The van der Waals surface area contributed by atoms with Crippen molar-refractivity contribution in [3.63, 3.8) is 0 Å². The van der Waals surface area contributed by atoms with Gasteiger partial charge < -0.3 is 15.1 Å². The van der Waals surface area contributed by atoms with Crippen LogP contribution in [0.2, 0.25) is 0 Å². The van der Waals surface area contributed by atoms with Crippen molar-refractivity contribution in [1.29, 1.82) is 0 Å². The zero-order chi connectivity index (χ0) is 22.4. The van der Waals surface area contributed by atoms with Gasteiger partial charge in [-0.15, -0.1) is 0 Å². The number of anilines is 1. The van der Waals surface area contributed by atoms with Crippen molar-refractivity contribution in [2.24, 2.45) is 0 Å². The second kappa shape index (κ2) is 10.9. The van der Waals surface area contributed by atoms with Crippen LogP contribution in [-0.2, 0) is 16.1 Å². The monoisotopic (exact) mass is 430 g/mol. The third-order valence-corrected chi connectivity index (χ3v) is 6.76. The zero-order valence-corrected chi connectivity index (χ0v) is 19.6. The van der Waals surface area contributed by atoms with Gasteiger partial charge in [0.25, 0.3) is 0 Å². The number of likely N-dealkylation sites (tertiary alicyclic amines) is 1. The summed E-state index contributed by atoms with van der Waals surface area (Å²) in [6.45, 7) is 3.28. The summed E-state index contributed by atoms with van der Waals surface area (Å²) in [7, 11) is 5.58. The van der Waals surface area contributed by atoms with E-state index < -0.39 is 0 Å². The van der Waals surface area contributed by atoms with Gasteiger partial charge >= 0.3 is 0 Å². The number of nitrogens with zero attached hydrogens (tertiary/aromatic N) is 5. The third kappa shape index (κ3) is 6.15. The van der Waals surface area contributed by atoms with E-state index in [9.17, 15) is 9.59 Å². The van der Waals surface area contributed by atoms with Crippen LogP contribution in [0.1, 0.15) is 75.9 Å². The summed E-state index contributed by atoms with van der Waals surface area (Å²) < 4.78 is 0. The number of rotatable bonds is 7. The van der Waals surface area contributed by atoms with Crippen LogP contribution in [0.5, 0.6) is 0 Å². The normalized spacial score (nSPS) is 20.3. The lowest BCUT2D eigenvalue weighted by Gasteiger charge is -2.37. The van der Waals surface area contributed by atoms with E-state index >= 15 is 0 Å². The molecule has 0 radical (unpaired) electrons.